The summed E-state index contributed by atoms with van der Waals surface area (Å²) in [5.41, 5.74) is -0.911. The van der Waals surface area contributed by atoms with E-state index in [9.17, 15) is 13.5 Å². The van der Waals surface area contributed by atoms with Crippen LogP contribution in [0.1, 0.15) is 17.7 Å². The van der Waals surface area contributed by atoms with Gasteiger partial charge in [0.25, 0.3) is 0 Å². The molecule has 0 amide bonds. The van der Waals surface area contributed by atoms with Crippen molar-refractivity contribution >= 4 is 21.2 Å². The van der Waals surface area contributed by atoms with Crippen molar-refractivity contribution in [2.45, 2.75) is 22.7 Å². The number of sulfone groups is 1. The topological polar surface area (TPSA) is 63.6 Å². The molecule has 0 aliphatic carbocycles. The molecule has 4 nitrogen and oxygen atoms in total. The molecule has 1 saturated heterocycles. The van der Waals surface area contributed by atoms with Gasteiger partial charge in [0.1, 0.15) is 9.81 Å². The van der Waals surface area contributed by atoms with Crippen molar-refractivity contribution in [3.05, 3.63) is 17.0 Å². The van der Waals surface area contributed by atoms with E-state index in [1.165, 1.54) is 6.26 Å². The van der Waals surface area contributed by atoms with Crippen LogP contribution in [0, 0.1) is 0 Å². The highest BCUT2D eigenvalue weighted by Gasteiger charge is 2.33. The zero-order valence-corrected chi connectivity index (χ0v) is 10.6. The number of hydrogen-bond acceptors (Lipinski definition) is 5. The number of rotatable bonds is 2. The fourth-order valence-corrected chi connectivity index (χ4v) is 3.80. The Kier molecular flexibility index (Phi) is 3.09. The summed E-state index contributed by atoms with van der Waals surface area (Å²) < 4.78 is 28.2. The third kappa shape index (κ3) is 2.29. The number of thiophene rings is 1. The molecule has 0 radical (unpaired) electrons. The largest absolute Gasteiger partial charge is 0.384 e. The van der Waals surface area contributed by atoms with E-state index in [2.05, 4.69) is 0 Å². The Bertz CT molecular complexity index is 469. The number of hydrogen-bond donors (Lipinski definition) is 1. The Labute approximate surface area is 98.8 Å². The summed E-state index contributed by atoms with van der Waals surface area (Å²) in [5.74, 6) is 0. The molecule has 0 aromatic carbocycles. The van der Waals surface area contributed by atoms with Crippen LogP contribution >= 0.6 is 11.3 Å². The number of ether oxygens (including phenoxy) is 1. The molecule has 2 heterocycles. The first kappa shape index (κ1) is 12.0. The standard InChI is InChI=1S/C10H14O4S2/c1-16(12,13)9-3-2-8(15-9)10(11)4-6-14-7-5-10/h2-3,11H,4-7H2,1H3. The lowest BCUT2D eigenvalue weighted by Gasteiger charge is -2.30. The summed E-state index contributed by atoms with van der Waals surface area (Å²) >= 11 is 1.15. The Hall–Kier alpha value is -0.430. The van der Waals surface area contributed by atoms with Crippen LogP contribution in [-0.2, 0) is 20.2 Å². The summed E-state index contributed by atoms with van der Waals surface area (Å²) in [6.45, 7) is 1.03. The van der Waals surface area contributed by atoms with E-state index in [4.69, 9.17) is 4.74 Å². The van der Waals surface area contributed by atoms with E-state index in [-0.39, 0.29) is 0 Å². The minimum Gasteiger partial charge on any atom is -0.384 e. The maximum Gasteiger partial charge on any atom is 0.184 e. The van der Waals surface area contributed by atoms with Gasteiger partial charge in [-0.2, -0.15) is 0 Å². The van der Waals surface area contributed by atoms with Crippen LogP contribution in [0.15, 0.2) is 16.3 Å². The van der Waals surface area contributed by atoms with E-state index in [1.54, 1.807) is 12.1 Å². The Morgan fingerprint density at radius 3 is 2.50 bits per heavy atom. The molecule has 90 valence electrons. The first-order valence-corrected chi connectivity index (χ1v) is 7.73. The van der Waals surface area contributed by atoms with Crippen molar-refractivity contribution in [1.29, 1.82) is 0 Å². The highest BCUT2D eigenvalue weighted by Crippen LogP contribution is 2.37. The van der Waals surface area contributed by atoms with Crippen LogP contribution in [0.5, 0.6) is 0 Å². The van der Waals surface area contributed by atoms with Gasteiger partial charge in [0.05, 0.1) is 0 Å². The van der Waals surface area contributed by atoms with Crippen LogP contribution in [-0.4, -0.2) is 33.0 Å². The highest BCUT2D eigenvalue weighted by molar-refractivity contribution is 7.92. The van der Waals surface area contributed by atoms with Gasteiger partial charge in [-0.25, -0.2) is 8.42 Å². The first-order valence-electron chi connectivity index (χ1n) is 5.02. The predicted molar refractivity (Wildman–Crippen MR) is 61.4 cm³/mol. The molecule has 1 aromatic rings. The smallest absolute Gasteiger partial charge is 0.184 e. The highest BCUT2D eigenvalue weighted by atomic mass is 32.2. The summed E-state index contributed by atoms with van der Waals surface area (Å²) in [6, 6.07) is 3.26. The third-order valence-electron chi connectivity index (χ3n) is 2.73. The molecule has 0 unspecified atom stereocenters. The van der Waals surface area contributed by atoms with Crippen LogP contribution < -0.4 is 0 Å². The molecule has 1 aliphatic heterocycles. The lowest BCUT2D eigenvalue weighted by atomic mass is 9.93. The number of aliphatic hydroxyl groups is 1. The minimum absolute atomic E-state index is 0.308. The molecule has 0 saturated carbocycles. The van der Waals surface area contributed by atoms with Crippen LogP contribution in [0.2, 0.25) is 0 Å². The summed E-state index contributed by atoms with van der Waals surface area (Å²) in [5, 5.41) is 10.4. The van der Waals surface area contributed by atoms with E-state index >= 15 is 0 Å². The van der Waals surface area contributed by atoms with Crippen molar-refractivity contribution in [1.82, 2.24) is 0 Å². The van der Waals surface area contributed by atoms with Gasteiger partial charge < -0.3 is 9.84 Å². The Morgan fingerprint density at radius 2 is 2.00 bits per heavy atom. The average Bonchev–Trinajstić information content (AvgIpc) is 2.67. The second-order valence-corrected chi connectivity index (χ2v) is 7.36. The van der Waals surface area contributed by atoms with Crippen molar-refractivity contribution in [2.24, 2.45) is 0 Å². The van der Waals surface area contributed by atoms with Crippen molar-refractivity contribution in [2.75, 3.05) is 19.5 Å². The molecular formula is C10H14O4S2. The van der Waals surface area contributed by atoms with Gasteiger partial charge in [-0.15, -0.1) is 11.3 Å². The van der Waals surface area contributed by atoms with Gasteiger partial charge in [0.2, 0.25) is 0 Å². The fourth-order valence-electron chi connectivity index (χ4n) is 1.73. The van der Waals surface area contributed by atoms with Crippen molar-refractivity contribution < 1.29 is 18.3 Å². The SMILES string of the molecule is CS(=O)(=O)c1ccc(C2(O)CCOCC2)s1. The van der Waals surface area contributed by atoms with Crippen LogP contribution in [0.25, 0.3) is 0 Å². The monoisotopic (exact) mass is 262 g/mol. The Balaban J connectivity index is 2.31. The van der Waals surface area contributed by atoms with E-state index in [0.29, 0.717) is 30.3 Å². The average molecular weight is 262 g/mol. The quantitative estimate of drug-likeness (QED) is 0.868. The van der Waals surface area contributed by atoms with Gasteiger partial charge in [0.15, 0.2) is 9.84 Å². The van der Waals surface area contributed by atoms with Gasteiger partial charge in [-0.3, -0.25) is 0 Å². The maximum atomic E-state index is 11.3. The van der Waals surface area contributed by atoms with Gasteiger partial charge in [-0.1, -0.05) is 0 Å². The van der Waals surface area contributed by atoms with E-state index in [0.717, 1.165) is 16.2 Å². The molecular weight excluding hydrogens is 248 g/mol. The molecule has 0 atom stereocenters. The molecule has 1 aromatic heterocycles. The van der Waals surface area contributed by atoms with Crippen molar-refractivity contribution in [3.63, 3.8) is 0 Å². The molecule has 2 rings (SSSR count). The second kappa shape index (κ2) is 4.10. The summed E-state index contributed by atoms with van der Waals surface area (Å²) in [7, 11) is -3.17. The molecule has 16 heavy (non-hydrogen) atoms. The fraction of sp³-hybridized carbons (Fsp3) is 0.600. The van der Waals surface area contributed by atoms with E-state index < -0.39 is 15.4 Å². The zero-order valence-electron chi connectivity index (χ0n) is 8.97. The molecule has 1 aliphatic rings. The molecule has 0 bridgehead atoms. The lowest BCUT2D eigenvalue weighted by Crippen LogP contribution is -2.32. The maximum absolute atomic E-state index is 11.3. The van der Waals surface area contributed by atoms with E-state index in [1.807, 2.05) is 0 Å². The second-order valence-electron chi connectivity index (χ2n) is 4.03. The van der Waals surface area contributed by atoms with Crippen LogP contribution in [0.3, 0.4) is 0 Å². The zero-order chi connectivity index (χ0) is 11.8. The lowest BCUT2D eigenvalue weighted by molar-refractivity contribution is -0.0656. The van der Waals surface area contributed by atoms with Crippen LogP contribution in [0.4, 0.5) is 0 Å². The molecule has 0 spiro atoms. The van der Waals surface area contributed by atoms with Gasteiger partial charge in [0, 0.05) is 37.2 Å². The third-order valence-corrected chi connectivity index (χ3v) is 5.82. The summed E-state index contributed by atoms with van der Waals surface area (Å²) in [4.78, 5) is 0.719. The predicted octanol–water partition coefficient (Wildman–Crippen LogP) is 1.15. The molecule has 1 N–H and O–H groups in total. The van der Waals surface area contributed by atoms with Crippen molar-refractivity contribution in [3.8, 4) is 0 Å². The van der Waals surface area contributed by atoms with Gasteiger partial charge in [-0.05, 0) is 12.1 Å². The summed E-state index contributed by atoms with van der Waals surface area (Å²) in [6.07, 6.45) is 2.23. The first-order chi connectivity index (χ1) is 7.42. The molecule has 1 fully saturated rings. The van der Waals surface area contributed by atoms with Gasteiger partial charge >= 0.3 is 0 Å². The normalized spacial score (nSPS) is 20.9. The Morgan fingerprint density at radius 1 is 1.38 bits per heavy atom. The molecule has 6 heteroatoms. The minimum atomic E-state index is -3.17.